The molecule has 0 aliphatic carbocycles. The molecule has 2 aromatic rings. The van der Waals surface area contributed by atoms with Gasteiger partial charge in [-0.25, -0.2) is 4.39 Å². The van der Waals surface area contributed by atoms with E-state index in [1.54, 1.807) is 19.1 Å². The van der Waals surface area contributed by atoms with Gasteiger partial charge in [0.05, 0.1) is 4.92 Å². The molecule has 0 spiro atoms. The molecule has 2 N–H and O–H groups in total. The Hall–Kier alpha value is -3.53. The minimum Gasteiger partial charge on any atom is -0.369 e. The number of aryl methyl sites for hydroxylation is 1. The summed E-state index contributed by atoms with van der Waals surface area (Å²) < 4.78 is 13.1. The fraction of sp³-hybridized carbons (Fsp3) is 0.364. The van der Waals surface area contributed by atoms with Crippen LogP contribution >= 0.6 is 0 Å². The Kier molecular flexibility index (Phi) is 7.72. The first kappa shape index (κ1) is 23.1. The van der Waals surface area contributed by atoms with Gasteiger partial charge >= 0.3 is 11.8 Å². The van der Waals surface area contributed by atoms with Crippen molar-refractivity contribution >= 4 is 28.9 Å². The number of benzene rings is 2. The summed E-state index contributed by atoms with van der Waals surface area (Å²) in [7, 11) is 0. The van der Waals surface area contributed by atoms with Gasteiger partial charge < -0.3 is 15.5 Å². The number of anilines is 2. The Balaban J connectivity index is 1.35. The summed E-state index contributed by atoms with van der Waals surface area (Å²) in [6, 6.07) is 10.5. The molecule has 1 fully saturated rings. The number of nitro benzene ring substituents is 1. The summed E-state index contributed by atoms with van der Waals surface area (Å²) in [4.78, 5) is 38.9. The summed E-state index contributed by atoms with van der Waals surface area (Å²) in [5, 5.41) is 15.9. The highest BCUT2D eigenvalue weighted by atomic mass is 19.1. The van der Waals surface area contributed by atoms with E-state index in [2.05, 4.69) is 20.4 Å². The van der Waals surface area contributed by atoms with E-state index in [1.165, 1.54) is 30.3 Å². The molecule has 0 aromatic heterocycles. The first-order valence-corrected chi connectivity index (χ1v) is 10.4. The summed E-state index contributed by atoms with van der Waals surface area (Å²) in [6.45, 7) is 6.20. The highest BCUT2D eigenvalue weighted by Crippen LogP contribution is 2.21. The Morgan fingerprint density at radius 3 is 2.38 bits per heavy atom. The van der Waals surface area contributed by atoms with E-state index in [9.17, 15) is 24.1 Å². The maximum absolute atomic E-state index is 13.1. The molecule has 0 radical (unpaired) electrons. The second-order valence-electron chi connectivity index (χ2n) is 7.63. The highest BCUT2D eigenvalue weighted by molar-refractivity contribution is 6.39. The molecule has 32 heavy (non-hydrogen) atoms. The van der Waals surface area contributed by atoms with Crippen LogP contribution in [0.2, 0.25) is 0 Å². The number of carbonyl (C=O) groups is 2. The Labute approximate surface area is 185 Å². The lowest BCUT2D eigenvalue weighted by Gasteiger charge is -2.36. The van der Waals surface area contributed by atoms with Gasteiger partial charge in [0.15, 0.2) is 0 Å². The molecule has 0 bridgehead atoms. The number of hydrogen-bond acceptors (Lipinski definition) is 6. The molecule has 1 aliphatic heterocycles. The Bertz CT molecular complexity index is 975. The van der Waals surface area contributed by atoms with Crippen molar-refractivity contribution in [3.8, 4) is 0 Å². The summed E-state index contributed by atoms with van der Waals surface area (Å²) >= 11 is 0. The van der Waals surface area contributed by atoms with Crippen LogP contribution in [0.5, 0.6) is 0 Å². The van der Waals surface area contributed by atoms with E-state index in [0.717, 1.165) is 38.4 Å². The average Bonchev–Trinajstić information content (AvgIpc) is 2.78. The standard InChI is InChI=1S/C22H26FN5O4/c1-16-15-19(28(31)32)7-8-20(16)25-22(30)21(29)24-9-2-10-26-11-13-27(14-12-26)18-5-3-17(23)4-6-18/h3-8,15H,2,9-14H2,1H3,(H,24,29)(H,25,30). The number of non-ortho nitro benzene ring substituents is 1. The third-order valence-corrected chi connectivity index (χ3v) is 5.38. The van der Waals surface area contributed by atoms with Gasteiger partial charge in [0.25, 0.3) is 5.69 Å². The van der Waals surface area contributed by atoms with Crippen LogP contribution in [0.15, 0.2) is 42.5 Å². The van der Waals surface area contributed by atoms with Crippen LogP contribution in [0.4, 0.5) is 21.5 Å². The molecule has 1 aliphatic rings. The van der Waals surface area contributed by atoms with Gasteiger partial charge in [-0.05, 0) is 55.8 Å². The van der Waals surface area contributed by atoms with Crippen LogP contribution in [0.3, 0.4) is 0 Å². The molecule has 0 unspecified atom stereocenters. The van der Waals surface area contributed by atoms with Crippen LogP contribution < -0.4 is 15.5 Å². The predicted octanol–water partition coefficient (Wildman–Crippen LogP) is 2.31. The lowest BCUT2D eigenvalue weighted by atomic mass is 10.2. The van der Waals surface area contributed by atoms with Crippen LogP contribution in [-0.2, 0) is 9.59 Å². The number of nitrogens with zero attached hydrogens (tertiary/aromatic N) is 3. The van der Waals surface area contributed by atoms with Gasteiger partial charge in [-0.3, -0.25) is 24.6 Å². The van der Waals surface area contributed by atoms with Crippen LogP contribution in [-0.4, -0.2) is 60.9 Å². The Morgan fingerprint density at radius 1 is 1.06 bits per heavy atom. The molecule has 3 rings (SSSR count). The van der Waals surface area contributed by atoms with Crippen molar-refractivity contribution in [2.75, 3.05) is 49.5 Å². The number of halogens is 1. The zero-order valence-electron chi connectivity index (χ0n) is 17.8. The molecular weight excluding hydrogens is 417 g/mol. The topological polar surface area (TPSA) is 108 Å². The molecular formula is C22H26FN5O4. The van der Waals surface area contributed by atoms with E-state index in [0.29, 0.717) is 24.2 Å². The SMILES string of the molecule is Cc1cc([N+](=O)[O-])ccc1NC(=O)C(=O)NCCCN1CCN(c2ccc(F)cc2)CC1. The van der Waals surface area contributed by atoms with Crippen LogP contribution in [0.25, 0.3) is 0 Å². The normalized spacial score (nSPS) is 14.1. The van der Waals surface area contributed by atoms with Crippen molar-refractivity contribution < 1.29 is 18.9 Å². The predicted molar refractivity (Wildman–Crippen MR) is 119 cm³/mol. The summed E-state index contributed by atoms with van der Waals surface area (Å²) in [5.41, 5.74) is 1.78. The third-order valence-electron chi connectivity index (χ3n) is 5.38. The van der Waals surface area contributed by atoms with Crippen molar-refractivity contribution in [1.29, 1.82) is 0 Å². The molecule has 9 nitrogen and oxygen atoms in total. The number of carbonyl (C=O) groups excluding carboxylic acids is 2. The van der Waals surface area contributed by atoms with Gasteiger partial charge in [-0.2, -0.15) is 0 Å². The second-order valence-corrected chi connectivity index (χ2v) is 7.63. The maximum atomic E-state index is 13.1. The molecule has 0 atom stereocenters. The fourth-order valence-corrected chi connectivity index (χ4v) is 3.55. The zero-order chi connectivity index (χ0) is 23.1. The second kappa shape index (κ2) is 10.7. The van der Waals surface area contributed by atoms with Gasteiger partial charge in [-0.15, -0.1) is 0 Å². The minimum atomic E-state index is -0.810. The van der Waals surface area contributed by atoms with Crippen molar-refractivity contribution in [3.05, 3.63) is 64.0 Å². The number of rotatable bonds is 7. The first-order chi connectivity index (χ1) is 15.3. The van der Waals surface area contributed by atoms with E-state index in [4.69, 9.17) is 0 Å². The van der Waals surface area contributed by atoms with Crippen molar-refractivity contribution in [3.63, 3.8) is 0 Å². The van der Waals surface area contributed by atoms with Gasteiger partial charge in [0.2, 0.25) is 0 Å². The Morgan fingerprint density at radius 2 is 1.75 bits per heavy atom. The van der Waals surface area contributed by atoms with E-state index in [1.807, 2.05) is 0 Å². The summed E-state index contributed by atoms with van der Waals surface area (Å²) in [5.74, 6) is -1.80. The molecule has 1 saturated heterocycles. The quantitative estimate of drug-likeness (QED) is 0.294. The van der Waals surface area contributed by atoms with Gasteiger partial charge in [0.1, 0.15) is 5.82 Å². The molecule has 0 saturated carbocycles. The number of piperazine rings is 1. The average molecular weight is 443 g/mol. The van der Waals surface area contributed by atoms with Gasteiger partial charge in [-0.1, -0.05) is 0 Å². The number of nitrogens with one attached hydrogen (secondary N) is 2. The minimum absolute atomic E-state index is 0.0801. The van der Waals surface area contributed by atoms with Crippen LogP contribution in [0.1, 0.15) is 12.0 Å². The van der Waals surface area contributed by atoms with Crippen molar-refractivity contribution in [2.24, 2.45) is 0 Å². The summed E-state index contributed by atoms with van der Waals surface area (Å²) in [6.07, 6.45) is 0.701. The van der Waals surface area contributed by atoms with E-state index >= 15 is 0 Å². The molecule has 2 aromatic carbocycles. The third kappa shape index (κ3) is 6.24. The number of hydrogen-bond donors (Lipinski definition) is 2. The number of nitro groups is 1. The van der Waals surface area contributed by atoms with E-state index in [-0.39, 0.29) is 11.5 Å². The molecule has 2 amide bonds. The monoisotopic (exact) mass is 443 g/mol. The molecule has 1 heterocycles. The first-order valence-electron chi connectivity index (χ1n) is 10.4. The smallest absolute Gasteiger partial charge is 0.313 e. The van der Waals surface area contributed by atoms with Crippen molar-refractivity contribution in [2.45, 2.75) is 13.3 Å². The van der Waals surface area contributed by atoms with Crippen molar-refractivity contribution in [1.82, 2.24) is 10.2 Å². The highest BCUT2D eigenvalue weighted by Gasteiger charge is 2.18. The number of amides is 2. The van der Waals surface area contributed by atoms with E-state index < -0.39 is 16.7 Å². The molecule has 170 valence electrons. The fourth-order valence-electron chi connectivity index (χ4n) is 3.55. The molecule has 10 heteroatoms. The zero-order valence-corrected chi connectivity index (χ0v) is 17.8. The van der Waals surface area contributed by atoms with Gasteiger partial charge in [0, 0.05) is 56.2 Å². The lowest BCUT2D eigenvalue weighted by molar-refractivity contribution is -0.384. The largest absolute Gasteiger partial charge is 0.369 e. The lowest BCUT2D eigenvalue weighted by Crippen LogP contribution is -2.47. The maximum Gasteiger partial charge on any atom is 0.313 e. The van der Waals surface area contributed by atoms with Crippen LogP contribution in [0, 0.1) is 22.9 Å².